The molecule has 0 saturated carbocycles. The van der Waals surface area contributed by atoms with E-state index in [9.17, 15) is 4.79 Å². The third kappa shape index (κ3) is 6.61. The minimum Gasteiger partial charge on any atom is -0.481 e. The maximum absolute atomic E-state index is 12.5. The molecule has 27 heavy (non-hydrogen) atoms. The quantitative estimate of drug-likeness (QED) is 0.289. The third-order valence-corrected chi connectivity index (χ3v) is 3.61. The Kier molecular flexibility index (Phi) is 8.08. The zero-order valence-electron chi connectivity index (χ0n) is 15.7. The highest BCUT2D eigenvalue weighted by molar-refractivity contribution is 5.94. The summed E-state index contributed by atoms with van der Waals surface area (Å²) < 4.78 is 5.80. The predicted molar refractivity (Wildman–Crippen MR) is 106 cm³/mol. The van der Waals surface area contributed by atoms with Crippen molar-refractivity contribution in [1.29, 1.82) is 0 Å². The number of hydrogen-bond donors (Lipinski definition) is 4. The van der Waals surface area contributed by atoms with Gasteiger partial charge in [-0.25, -0.2) is 5.43 Å². The Morgan fingerprint density at radius 1 is 1.15 bits per heavy atom. The summed E-state index contributed by atoms with van der Waals surface area (Å²) >= 11 is 0. The highest BCUT2D eigenvalue weighted by Crippen LogP contribution is 2.18. The van der Waals surface area contributed by atoms with Gasteiger partial charge in [0.05, 0.1) is 17.6 Å². The number of hydrogen-bond acceptors (Lipinski definition) is 7. The number of carbonyl (C=O) groups excluding carboxylic acids is 1. The van der Waals surface area contributed by atoms with E-state index in [0.29, 0.717) is 23.6 Å². The summed E-state index contributed by atoms with van der Waals surface area (Å²) in [7, 11) is 3.54. The number of benzene rings is 1. The lowest BCUT2D eigenvalue weighted by Gasteiger charge is -2.17. The van der Waals surface area contributed by atoms with Gasteiger partial charge in [-0.3, -0.25) is 9.78 Å². The Balaban J connectivity index is 1.92. The molecule has 1 aromatic heterocycles. The van der Waals surface area contributed by atoms with Crippen molar-refractivity contribution in [3.63, 3.8) is 0 Å². The molecule has 1 amide bonds. The molecule has 0 bridgehead atoms. The van der Waals surface area contributed by atoms with Crippen LogP contribution in [0.1, 0.15) is 19.0 Å². The minimum atomic E-state index is -0.592. The maximum Gasteiger partial charge on any atom is 0.265 e. The first-order chi connectivity index (χ1) is 13.2. The molecule has 144 valence electrons. The van der Waals surface area contributed by atoms with E-state index in [2.05, 4.69) is 26.6 Å². The first kappa shape index (κ1) is 20.2. The van der Waals surface area contributed by atoms with Crippen molar-refractivity contribution in [3.8, 4) is 5.75 Å². The summed E-state index contributed by atoms with van der Waals surface area (Å²) in [6, 6.07) is 11.0. The fourth-order valence-electron chi connectivity index (χ4n) is 2.18. The Morgan fingerprint density at radius 2 is 1.89 bits per heavy atom. The first-order valence-corrected chi connectivity index (χ1v) is 8.61. The summed E-state index contributed by atoms with van der Waals surface area (Å²) in [5, 5.41) is 5.86. The summed E-state index contributed by atoms with van der Waals surface area (Å²) in [5.74, 6) is 0.423. The second kappa shape index (κ2) is 10.8. The number of amides is 1. The van der Waals surface area contributed by atoms with Crippen LogP contribution in [0.15, 0.2) is 48.9 Å². The van der Waals surface area contributed by atoms with Crippen LogP contribution in [0.4, 0.5) is 11.4 Å². The number of ether oxygens (including phenoxy) is 1. The van der Waals surface area contributed by atoms with Crippen LogP contribution < -0.4 is 26.4 Å². The molecule has 0 radical (unpaired) electrons. The van der Waals surface area contributed by atoms with Gasteiger partial charge in [0.15, 0.2) is 6.10 Å². The van der Waals surface area contributed by atoms with Crippen LogP contribution >= 0.6 is 0 Å². The highest BCUT2D eigenvalue weighted by Gasteiger charge is 2.18. The Morgan fingerprint density at radius 3 is 2.48 bits per heavy atom. The number of nitrogens with zero attached hydrogens (tertiary/aromatic N) is 1. The van der Waals surface area contributed by atoms with E-state index in [-0.39, 0.29) is 5.91 Å². The van der Waals surface area contributed by atoms with Crippen molar-refractivity contribution in [3.05, 3.63) is 54.6 Å². The van der Waals surface area contributed by atoms with Crippen molar-refractivity contribution in [2.45, 2.75) is 19.4 Å². The van der Waals surface area contributed by atoms with E-state index in [4.69, 9.17) is 9.57 Å². The van der Waals surface area contributed by atoms with Gasteiger partial charge < -0.3 is 20.2 Å². The molecule has 8 heteroatoms. The average molecular weight is 371 g/mol. The van der Waals surface area contributed by atoms with Gasteiger partial charge in [-0.1, -0.05) is 12.5 Å². The fraction of sp³-hybridized carbons (Fsp3) is 0.263. The minimum absolute atomic E-state index is 0.221. The smallest absolute Gasteiger partial charge is 0.265 e. The number of rotatable bonds is 10. The summed E-state index contributed by atoms with van der Waals surface area (Å²) in [6.45, 7) is 1.90. The van der Waals surface area contributed by atoms with Crippen LogP contribution in [0.3, 0.4) is 0 Å². The van der Waals surface area contributed by atoms with Crippen molar-refractivity contribution >= 4 is 23.4 Å². The Bertz CT molecular complexity index is 732. The maximum atomic E-state index is 12.5. The molecule has 0 spiro atoms. The molecule has 1 atom stereocenters. The van der Waals surface area contributed by atoms with Gasteiger partial charge in [0.2, 0.25) is 0 Å². The van der Waals surface area contributed by atoms with Crippen LogP contribution in [0.2, 0.25) is 0 Å². The van der Waals surface area contributed by atoms with E-state index in [0.717, 1.165) is 5.69 Å². The molecule has 4 N–H and O–H groups in total. The molecule has 1 unspecified atom stereocenters. The van der Waals surface area contributed by atoms with Gasteiger partial charge in [0.1, 0.15) is 12.0 Å². The Hall–Kier alpha value is -3.10. The van der Waals surface area contributed by atoms with Gasteiger partial charge in [-0.2, -0.15) is 0 Å². The zero-order valence-corrected chi connectivity index (χ0v) is 15.7. The second-order valence-corrected chi connectivity index (χ2v) is 5.52. The largest absolute Gasteiger partial charge is 0.481 e. The van der Waals surface area contributed by atoms with Crippen molar-refractivity contribution in [1.82, 2.24) is 16.0 Å². The van der Waals surface area contributed by atoms with Crippen molar-refractivity contribution in [2.75, 3.05) is 24.7 Å². The van der Waals surface area contributed by atoms with Gasteiger partial charge in [-0.05, 0) is 42.8 Å². The molecule has 8 nitrogen and oxygen atoms in total. The van der Waals surface area contributed by atoms with Gasteiger partial charge in [0, 0.05) is 25.9 Å². The van der Waals surface area contributed by atoms with Gasteiger partial charge >= 0.3 is 0 Å². The second-order valence-electron chi connectivity index (χ2n) is 5.52. The van der Waals surface area contributed by atoms with E-state index in [1.807, 2.05) is 38.2 Å². The van der Waals surface area contributed by atoms with Crippen LogP contribution in [-0.2, 0) is 9.63 Å². The molecule has 2 rings (SSSR count). The molecular formula is C19H25N5O3. The van der Waals surface area contributed by atoms with E-state index >= 15 is 0 Å². The van der Waals surface area contributed by atoms with E-state index < -0.39 is 6.10 Å². The van der Waals surface area contributed by atoms with Crippen LogP contribution in [0, 0.1) is 0 Å². The number of anilines is 2. The van der Waals surface area contributed by atoms with Gasteiger partial charge in [-0.15, -0.1) is 0 Å². The monoisotopic (exact) mass is 371 g/mol. The van der Waals surface area contributed by atoms with Crippen LogP contribution in [0.25, 0.3) is 6.08 Å². The molecule has 0 fully saturated rings. The molecule has 0 aliphatic carbocycles. The zero-order chi connectivity index (χ0) is 19.5. The highest BCUT2D eigenvalue weighted by atomic mass is 16.7. The van der Waals surface area contributed by atoms with Gasteiger partial charge in [0.25, 0.3) is 5.91 Å². The molecule has 0 aliphatic heterocycles. The summed E-state index contributed by atoms with van der Waals surface area (Å²) in [6.07, 6.45) is 4.67. The normalized spacial score (nSPS) is 11.8. The SMILES string of the molecule is CCC(Oc1ccc(NC)cc1)C(=O)Nc1ccc(/C=C/ONNC)nc1. The number of carbonyl (C=O) groups is 1. The standard InChI is InChI=1S/C19H25N5O3/c1-4-18(27-17-9-7-14(20-2)8-10-17)19(25)23-16-6-5-15(22-13-16)11-12-26-24-21-3/h5-13,18,20-21,24H,4H2,1-3H3,(H,23,25)/b12-11+. The fourth-order valence-corrected chi connectivity index (χ4v) is 2.18. The van der Waals surface area contributed by atoms with Crippen LogP contribution in [-0.4, -0.2) is 31.1 Å². The first-order valence-electron chi connectivity index (χ1n) is 8.61. The summed E-state index contributed by atoms with van der Waals surface area (Å²) in [5.41, 5.74) is 7.35. The lowest BCUT2D eigenvalue weighted by atomic mass is 10.2. The molecule has 2 aromatic rings. The van der Waals surface area contributed by atoms with Crippen LogP contribution in [0.5, 0.6) is 5.75 Å². The van der Waals surface area contributed by atoms with E-state index in [1.165, 1.54) is 6.26 Å². The van der Waals surface area contributed by atoms with Crippen molar-refractivity contribution < 1.29 is 14.4 Å². The average Bonchev–Trinajstić information content (AvgIpc) is 2.71. The number of hydrazine groups is 1. The van der Waals surface area contributed by atoms with Crippen molar-refractivity contribution in [2.24, 2.45) is 0 Å². The Labute approximate surface area is 158 Å². The molecule has 0 aliphatic rings. The predicted octanol–water partition coefficient (Wildman–Crippen LogP) is 2.55. The number of pyridine rings is 1. The molecular weight excluding hydrogens is 346 g/mol. The molecule has 0 saturated heterocycles. The number of nitrogens with one attached hydrogen (secondary N) is 4. The molecule has 1 aromatic carbocycles. The third-order valence-electron chi connectivity index (χ3n) is 3.61. The number of aromatic nitrogens is 1. The lowest BCUT2D eigenvalue weighted by Crippen LogP contribution is -2.32. The lowest BCUT2D eigenvalue weighted by molar-refractivity contribution is -0.122. The topological polar surface area (TPSA) is 96.5 Å². The molecule has 1 heterocycles. The van der Waals surface area contributed by atoms with E-state index in [1.54, 1.807) is 31.5 Å². The summed E-state index contributed by atoms with van der Waals surface area (Å²) in [4.78, 5) is 21.6.